The number of aromatic nitrogens is 1. The van der Waals surface area contributed by atoms with Crippen LogP contribution in [0.2, 0.25) is 0 Å². The highest BCUT2D eigenvalue weighted by Gasteiger charge is 2.54. The van der Waals surface area contributed by atoms with Crippen LogP contribution in [0, 0.1) is 11.8 Å². The van der Waals surface area contributed by atoms with E-state index in [1.165, 1.54) is 29.7 Å². The number of H-pyrrole nitrogens is 1. The molecule has 1 fully saturated rings. The van der Waals surface area contributed by atoms with Crippen LogP contribution in [0.15, 0.2) is 28.6 Å². The van der Waals surface area contributed by atoms with Crippen molar-refractivity contribution in [1.82, 2.24) is 9.88 Å². The number of pyridine rings is 1. The van der Waals surface area contributed by atoms with Gasteiger partial charge in [0.15, 0.2) is 0 Å². The summed E-state index contributed by atoms with van der Waals surface area (Å²) in [4.78, 5) is 17.3. The summed E-state index contributed by atoms with van der Waals surface area (Å²) >= 11 is 0. The van der Waals surface area contributed by atoms with Crippen LogP contribution < -0.4 is 5.56 Å². The SMILES string of the molecule is CC1=C[C@@H]2Cc3[nH]c(=O)ccc3[C@]3(C1)[C@@H]2CCCN3C. The third-order valence-electron chi connectivity index (χ3n) is 5.77. The lowest BCUT2D eigenvalue weighted by molar-refractivity contribution is -0.0275. The smallest absolute Gasteiger partial charge is 0.248 e. The van der Waals surface area contributed by atoms with Crippen molar-refractivity contribution in [2.45, 2.75) is 38.1 Å². The molecule has 0 radical (unpaired) electrons. The Morgan fingerprint density at radius 2 is 2.25 bits per heavy atom. The number of allylic oxidation sites excluding steroid dienone is 1. The van der Waals surface area contributed by atoms with Crippen molar-refractivity contribution in [3.05, 3.63) is 45.4 Å². The average Bonchev–Trinajstić information content (AvgIpc) is 2.39. The Balaban J connectivity index is 1.98. The number of rotatable bonds is 0. The van der Waals surface area contributed by atoms with Gasteiger partial charge in [-0.25, -0.2) is 0 Å². The molecule has 3 heteroatoms. The van der Waals surface area contributed by atoms with Gasteiger partial charge >= 0.3 is 0 Å². The maximum Gasteiger partial charge on any atom is 0.248 e. The van der Waals surface area contributed by atoms with Crippen molar-refractivity contribution < 1.29 is 0 Å². The first-order valence-corrected chi connectivity index (χ1v) is 7.72. The quantitative estimate of drug-likeness (QED) is 0.735. The van der Waals surface area contributed by atoms with Crippen LogP contribution in [-0.4, -0.2) is 23.5 Å². The molecule has 0 amide bonds. The van der Waals surface area contributed by atoms with Crippen molar-refractivity contribution in [2.24, 2.45) is 11.8 Å². The maximum atomic E-state index is 11.7. The molecule has 0 saturated carbocycles. The number of aromatic amines is 1. The Kier molecular flexibility index (Phi) is 2.53. The summed E-state index contributed by atoms with van der Waals surface area (Å²) in [5.74, 6) is 1.31. The van der Waals surface area contributed by atoms with E-state index in [-0.39, 0.29) is 11.1 Å². The van der Waals surface area contributed by atoms with Gasteiger partial charge in [-0.2, -0.15) is 0 Å². The first-order chi connectivity index (χ1) is 9.61. The van der Waals surface area contributed by atoms with Gasteiger partial charge in [-0.1, -0.05) is 11.6 Å². The van der Waals surface area contributed by atoms with Crippen molar-refractivity contribution in [3.63, 3.8) is 0 Å². The van der Waals surface area contributed by atoms with Gasteiger partial charge in [0.2, 0.25) is 5.56 Å². The fourth-order valence-corrected chi connectivity index (χ4v) is 5.09. The summed E-state index contributed by atoms with van der Waals surface area (Å²) in [5, 5.41) is 0. The molecule has 0 aromatic carbocycles. The van der Waals surface area contributed by atoms with Gasteiger partial charge in [-0.15, -0.1) is 0 Å². The molecule has 2 aliphatic carbocycles. The molecule has 2 bridgehead atoms. The summed E-state index contributed by atoms with van der Waals surface area (Å²) in [6.45, 7) is 3.43. The normalized spacial score (nSPS) is 36.0. The van der Waals surface area contributed by atoms with E-state index in [0.717, 1.165) is 19.4 Å². The van der Waals surface area contributed by atoms with E-state index in [4.69, 9.17) is 0 Å². The number of hydrogen-bond acceptors (Lipinski definition) is 2. The van der Waals surface area contributed by atoms with Crippen LogP contribution in [0.5, 0.6) is 0 Å². The van der Waals surface area contributed by atoms with Crippen LogP contribution >= 0.6 is 0 Å². The molecular weight excluding hydrogens is 248 g/mol. The predicted octanol–water partition coefficient (Wildman–Crippen LogP) is 2.43. The molecular formula is C17H22N2O. The molecule has 3 atom stereocenters. The van der Waals surface area contributed by atoms with Crippen molar-refractivity contribution in [2.75, 3.05) is 13.6 Å². The highest BCUT2D eigenvalue weighted by Crippen LogP contribution is 2.55. The number of hydrogen-bond donors (Lipinski definition) is 1. The van der Waals surface area contributed by atoms with Crippen LogP contribution in [0.4, 0.5) is 0 Å². The van der Waals surface area contributed by atoms with Crippen molar-refractivity contribution >= 4 is 0 Å². The zero-order chi connectivity index (χ0) is 13.9. The minimum atomic E-state index is 0.0378. The average molecular weight is 270 g/mol. The number of fused-ring (bicyclic) bond motifs is 1. The first-order valence-electron chi connectivity index (χ1n) is 7.72. The van der Waals surface area contributed by atoms with E-state index >= 15 is 0 Å². The van der Waals surface area contributed by atoms with E-state index in [1.807, 2.05) is 0 Å². The maximum absolute atomic E-state index is 11.7. The molecule has 1 N–H and O–H groups in total. The van der Waals surface area contributed by atoms with Crippen LogP contribution in [0.3, 0.4) is 0 Å². The molecule has 4 rings (SSSR count). The van der Waals surface area contributed by atoms with Gasteiger partial charge in [-0.05, 0) is 69.7 Å². The lowest BCUT2D eigenvalue weighted by Crippen LogP contribution is -2.59. The van der Waals surface area contributed by atoms with Gasteiger partial charge in [0, 0.05) is 11.8 Å². The Bertz CT molecular complexity index is 645. The third-order valence-corrected chi connectivity index (χ3v) is 5.77. The number of nitrogens with zero attached hydrogens (tertiary/aromatic N) is 1. The summed E-state index contributed by atoms with van der Waals surface area (Å²) < 4.78 is 0. The molecule has 3 aliphatic rings. The second-order valence-corrected chi connectivity index (χ2v) is 6.87. The van der Waals surface area contributed by atoms with Crippen LogP contribution in [-0.2, 0) is 12.0 Å². The molecule has 0 spiro atoms. The zero-order valence-corrected chi connectivity index (χ0v) is 12.3. The molecule has 1 aliphatic heterocycles. The van der Waals surface area contributed by atoms with Gasteiger partial charge in [0.1, 0.15) is 0 Å². The Labute approximate surface area is 119 Å². The van der Waals surface area contributed by atoms with E-state index in [2.05, 4.69) is 36.0 Å². The number of likely N-dealkylation sites (tertiary alicyclic amines) is 1. The second kappa shape index (κ2) is 4.08. The van der Waals surface area contributed by atoms with Gasteiger partial charge in [0.25, 0.3) is 0 Å². The molecule has 0 unspecified atom stereocenters. The monoisotopic (exact) mass is 270 g/mol. The number of piperidine rings is 1. The highest BCUT2D eigenvalue weighted by molar-refractivity contribution is 5.39. The summed E-state index contributed by atoms with van der Waals surface area (Å²) in [6.07, 6.45) is 7.20. The van der Waals surface area contributed by atoms with Crippen molar-refractivity contribution in [3.8, 4) is 0 Å². The fraction of sp³-hybridized carbons (Fsp3) is 0.588. The third kappa shape index (κ3) is 1.47. The fourth-order valence-electron chi connectivity index (χ4n) is 5.09. The minimum Gasteiger partial charge on any atom is -0.326 e. The van der Waals surface area contributed by atoms with E-state index in [1.54, 1.807) is 6.07 Å². The number of nitrogens with one attached hydrogen (secondary N) is 1. The van der Waals surface area contributed by atoms with Gasteiger partial charge in [-0.3, -0.25) is 9.69 Å². The van der Waals surface area contributed by atoms with E-state index in [0.29, 0.717) is 11.8 Å². The molecule has 3 nitrogen and oxygen atoms in total. The molecule has 1 saturated heterocycles. The Morgan fingerprint density at radius 1 is 1.40 bits per heavy atom. The lowest BCUT2D eigenvalue weighted by atomic mass is 9.56. The lowest BCUT2D eigenvalue weighted by Gasteiger charge is -2.58. The molecule has 1 aromatic heterocycles. The summed E-state index contributed by atoms with van der Waals surface area (Å²) in [7, 11) is 2.27. The molecule has 2 heterocycles. The second-order valence-electron chi connectivity index (χ2n) is 6.87. The first kappa shape index (κ1) is 12.4. The molecule has 1 aromatic rings. The van der Waals surface area contributed by atoms with E-state index in [9.17, 15) is 4.79 Å². The molecule has 20 heavy (non-hydrogen) atoms. The minimum absolute atomic E-state index is 0.0378. The standard InChI is InChI=1S/C17H22N2O/c1-11-8-12-9-15-14(5-6-16(20)18-15)17(10-11)13(12)4-3-7-19(17)2/h5-6,8,12-13H,3-4,7,9-10H2,1-2H3,(H,18,20)/t12-,13-,17+/m1/s1. The Morgan fingerprint density at radius 3 is 3.10 bits per heavy atom. The van der Waals surface area contributed by atoms with E-state index < -0.39 is 0 Å². The predicted molar refractivity (Wildman–Crippen MR) is 79.7 cm³/mol. The Hall–Kier alpha value is -1.35. The van der Waals surface area contributed by atoms with Gasteiger partial charge < -0.3 is 4.98 Å². The topological polar surface area (TPSA) is 36.1 Å². The summed E-state index contributed by atoms with van der Waals surface area (Å²) in [5.41, 5.74) is 4.23. The molecule has 106 valence electrons. The zero-order valence-electron chi connectivity index (χ0n) is 12.3. The summed E-state index contributed by atoms with van der Waals surface area (Å²) in [6, 6.07) is 3.80. The van der Waals surface area contributed by atoms with Gasteiger partial charge in [0.05, 0.1) is 5.54 Å². The van der Waals surface area contributed by atoms with Crippen LogP contribution in [0.25, 0.3) is 0 Å². The van der Waals surface area contributed by atoms with Crippen LogP contribution in [0.1, 0.15) is 37.4 Å². The largest absolute Gasteiger partial charge is 0.326 e. The highest BCUT2D eigenvalue weighted by atomic mass is 16.1. The van der Waals surface area contributed by atoms with Crippen molar-refractivity contribution in [1.29, 1.82) is 0 Å².